The van der Waals surface area contributed by atoms with Crippen molar-refractivity contribution in [3.8, 4) is 17.1 Å². The number of carbonyl (C=O) groups excluding carboxylic acids is 1. The molecule has 7 nitrogen and oxygen atoms in total. The fourth-order valence-corrected chi connectivity index (χ4v) is 3.42. The summed E-state index contributed by atoms with van der Waals surface area (Å²) in [5.74, 6) is 7.02. The zero-order valence-corrected chi connectivity index (χ0v) is 17.0. The first-order chi connectivity index (χ1) is 14.0. The molecule has 29 heavy (non-hydrogen) atoms. The Morgan fingerprint density at radius 2 is 1.86 bits per heavy atom. The lowest BCUT2D eigenvalue weighted by Crippen LogP contribution is -2.28. The van der Waals surface area contributed by atoms with E-state index in [2.05, 4.69) is 10.2 Å². The molecule has 0 saturated carbocycles. The van der Waals surface area contributed by atoms with Crippen molar-refractivity contribution in [3.63, 3.8) is 0 Å². The van der Waals surface area contributed by atoms with Crippen LogP contribution in [0.5, 0.6) is 5.75 Å². The molecule has 3 aromatic rings. The topological polar surface area (TPSA) is 86.3 Å². The number of hydrogen-bond acceptors (Lipinski definition) is 6. The maximum absolute atomic E-state index is 13.1. The molecule has 0 radical (unpaired) electrons. The van der Waals surface area contributed by atoms with Crippen molar-refractivity contribution in [2.75, 3.05) is 25.3 Å². The van der Waals surface area contributed by atoms with E-state index in [0.29, 0.717) is 29.7 Å². The zero-order valence-electron chi connectivity index (χ0n) is 16.2. The van der Waals surface area contributed by atoms with Gasteiger partial charge in [0.15, 0.2) is 5.82 Å². The van der Waals surface area contributed by atoms with E-state index in [1.165, 1.54) is 28.6 Å². The summed E-state index contributed by atoms with van der Waals surface area (Å²) in [6, 6.07) is 13.5. The number of nitrogen functional groups attached to an aromatic ring is 1. The van der Waals surface area contributed by atoms with Gasteiger partial charge in [0.1, 0.15) is 11.6 Å². The summed E-state index contributed by atoms with van der Waals surface area (Å²) in [4.78, 5) is 14.1. The minimum atomic E-state index is -0.340. The second kappa shape index (κ2) is 9.42. The minimum absolute atomic E-state index is 0.0600. The number of thioether (sulfide) groups is 1. The quantitative estimate of drug-likeness (QED) is 0.450. The molecule has 0 spiro atoms. The molecule has 0 aliphatic carbocycles. The van der Waals surface area contributed by atoms with E-state index in [1.54, 1.807) is 24.1 Å². The highest BCUT2D eigenvalue weighted by Crippen LogP contribution is 2.22. The Morgan fingerprint density at radius 3 is 2.52 bits per heavy atom. The number of carbonyl (C=O) groups is 1. The van der Waals surface area contributed by atoms with Gasteiger partial charge >= 0.3 is 0 Å². The molecule has 0 aliphatic heterocycles. The van der Waals surface area contributed by atoms with Crippen LogP contribution in [0.3, 0.4) is 0 Å². The molecule has 0 fully saturated rings. The summed E-state index contributed by atoms with van der Waals surface area (Å²) in [7, 11) is 1.75. The van der Waals surface area contributed by atoms with Crippen LogP contribution in [0.2, 0.25) is 0 Å². The molecule has 0 atom stereocenters. The van der Waals surface area contributed by atoms with Gasteiger partial charge in [-0.05, 0) is 48.9 Å². The van der Waals surface area contributed by atoms with Crippen molar-refractivity contribution in [2.24, 2.45) is 0 Å². The monoisotopic (exact) mass is 415 g/mol. The summed E-state index contributed by atoms with van der Waals surface area (Å²) in [6.07, 6.45) is 0. The van der Waals surface area contributed by atoms with Crippen molar-refractivity contribution >= 4 is 17.7 Å². The molecule has 1 amide bonds. The first kappa shape index (κ1) is 20.7. The Balaban J connectivity index is 1.56. The van der Waals surface area contributed by atoms with Gasteiger partial charge in [-0.2, -0.15) is 0 Å². The summed E-state index contributed by atoms with van der Waals surface area (Å²) in [6.45, 7) is 3.04. The van der Waals surface area contributed by atoms with Crippen LogP contribution in [0.1, 0.15) is 12.5 Å². The summed E-state index contributed by atoms with van der Waals surface area (Å²) < 4.78 is 19.8. The molecular weight excluding hydrogens is 393 g/mol. The molecule has 9 heteroatoms. The number of nitrogens with zero attached hydrogens (tertiary/aromatic N) is 4. The van der Waals surface area contributed by atoms with Crippen LogP contribution in [-0.4, -0.2) is 45.1 Å². The molecule has 0 bridgehead atoms. The number of benzene rings is 2. The van der Waals surface area contributed by atoms with Gasteiger partial charge in [0.2, 0.25) is 11.1 Å². The van der Waals surface area contributed by atoms with Crippen LogP contribution in [-0.2, 0) is 11.3 Å². The maximum Gasteiger partial charge on any atom is 0.233 e. The third-order valence-electron chi connectivity index (χ3n) is 4.17. The first-order valence-electron chi connectivity index (χ1n) is 9.03. The maximum atomic E-state index is 13.1. The van der Waals surface area contributed by atoms with E-state index in [1.807, 2.05) is 31.2 Å². The average molecular weight is 415 g/mol. The number of rotatable bonds is 8. The molecule has 0 unspecified atom stereocenters. The van der Waals surface area contributed by atoms with Crippen LogP contribution in [0.25, 0.3) is 11.4 Å². The van der Waals surface area contributed by atoms with Crippen molar-refractivity contribution in [1.82, 2.24) is 19.8 Å². The van der Waals surface area contributed by atoms with Gasteiger partial charge in [-0.3, -0.25) is 4.79 Å². The second-order valence-electron chi connectivity index (χ2n) is 6.30. The Kier molecular flexibility index (Phi) is 6.71. The number of nitrogens with two attached hydrogens (primary N) is 1. The van der Waals surface area contributed by atoms with Gasteiger partial charge in [0, 0.05) is 19.2 Å². The Labute approximate surface area is 172 Å². The zero-order chi connectivity index (χ0) is 20.8. The van der Waals surface area contributed by atoms with Gasteiger partial charge in [0.25, 0.3) is 0 Å². The summed E-state index contributed by atoms with van der Waals surface area (Å²) in [5, 5.41) is 8.48. The Hall–Kier alpha value is -3.07. The summed E-state index contributed by atoms with van der Waals surface area (Å²) in [5.41, 5.74) is 1.65. The fraction of sp³-hybridized carbons (Fsp3) is 0.250. The molecule has 152 valence electrons. The van der Waals surface area contributed by atoms with E-state index < -0.39 is 0 Å². The van der Waals surface area contributed by atoms with Crippen molar-refractivity contribution < 1.29 is 13.9 Å². The van der Waals surface area contributed by atoms with Gasteiger partial charge in [-0.1, -0.05) is 23.9 Å². The number of hydrogen-bond donors (Lipinski definition) is 1. The molecule has 0 aliphatic rings. The lowest BCUT2D eigenvalue weighted by molar-refractivity contribution is -0.127. The lowest BCUT2D eigenvalue weighted by atomic mass is 10.2. The molecule has 2 N–H and O–H groups in total. The average Bonchev–Trinajstić information content (AvgIpc) is 3.09. The number of aromatic nitrogens is 3. The van der Waals surface area contributed by atoms with Crippen LogP contribution in [0.4, 0.5) is 4.39 Å². The number of ether oxygens (including phenoxy) is 1. The molecule has 3 rings (SSSR count). The van der Waals surface area contributed by atoms with Crippen LogP contribution < -0.4 is 10.6 Å². The standard InChI is InChI=1S/C20H22FN5O2S/c1-3-28-17-10-4-14(5-11-17)12-25(2)18(27)13-29-20-24-23-19(26(20)22)15-6-8-16(21)9-7-15/h4-11H,3,12-13,22H2,1-2H3. The van der Waals surface area contributed by atoms with Crippen LogP contribution >= 0.6 is 11.8 Å². The first-order valence-corrected chi connectivity index (χ1v) is 10.0. The highest BCUT2D eigenvalue weighted by Gasteiger charge is 2.16. The van der Waals surface area contributed by atoms with Crippen LogP contribution in [0, 0.1) is 5.82 Å². The van der Waals surface area contributed by atoms with Gasteiger partial charge in [0.05, 0.1) is 12.4 Å². The normalized spacial score (nSPS) is 10.7. The Bertz CT molecular complexity index is 960. The smallest absolute Gasteiger partial charge is 0.233 e. The predicted octanol–water partition coefficient (Wildman–Crippen LogP) is 2.95. The van der Waals surface area contributed by atoms with E-state index in [9.17, 15) is 9.18 Å². The lowest BCUT2D eigenvalue weighted by Gasteiger charge is -2.17. The minimum Gasteiger partial charge on any atom is -0.494 e. The molecule has 0 saturated heterocycles. The number of amides is 1. The van der Waals surface area contributed by atoms with E-state index >= 15 is 0 Å². The van der Waals surface area contributed by atoms with E-state index in [-0.39, 0.29) is 17.5 Å². The third-order valence-corrected chi connectivity index (χ3v) is 5.10. The van der Waals surface area contributed by atoms with Crippen LogP contribution in [0.15, 0.2) is 53.7 Å². The molecule has 2 aromatic carbocycles. The third kappa shape index (κ3) is 5.26. The highest BCUT2D eigenvalue weighted by atomic mass is 32.2. The van der Waals surface area contributed by atoms with Gasteiger partial charge in [-0.25, -0.2) is 9.07 Å². The summed E-state index contributed by atoms with van der Waals surface area (Å²) >= 11 is 1.20. The fourth-order valence-electron chi connectivity index (χ4n) is 2.63. The molecule has 1 aromatic heterocycles. The van der Waals surface area contributed by atoms with E-state index in [4.69, 9.17) is 10.6 Å². The van der Waals surface area contributed by atoms with Gasteiger partial charge < -0.3 is 15.5 Å². The molecule has 1 heterocycles. The second-order valence-corrected chi connectivity index (χ2v) is 7.24. The van der Waals surface area contributed by atoms with Crippen molar-refractivity contribution in [1.29, 1.82) is 0 Å². The number of halogens is 1. The van der Waals surface area contributed by atoms with E-state index in [0.717, 1.165) is 11.3 Å². The van der Waals surface area contributed by atoms with Crippen molar-refractivity contribution in [3.05, 3.63) is 59.9 Å². The largest absolute Gasteiger partial charge is 0.494 e. The van der Waals surface area contributed by atoms with Gasteiger partial charge in [-0.15, -0.1) is 10.2 Å². The Morgan fingerprint density at radius 1 is 1.17 bits per heavy atom. The molecular formula is C20H22FN5O2S. The highest BCUT2D eigenvalue weighted by molar-refractivity contribution is 7.99. The van der Waals surface area contributed by atoms with Crippen molar-refractivity contribution in [2.45, 2.75) is 18.6 Å². The SMILES string of the molecule is CCOc1ccc(CN(C)C(=O)CSc2nnc(-c3ccc(F)cc3)n2N)cc1. The predicted molar refractivity (Wildman–Crippen MR) is 110 cm³/mol.